The van der Waals surface area contributed by atoms with Gasteiger partial charge in [-0.05, 0) is 31.2 Å². The van der Waals surface area contributed by atoms with E-state index < -0.39 is 0 Å². The zero-order valence-electron chi connectivity index (χ0n) is 10.2. The predicted octanol–water partition coefficient (Wildman–Crippen LogP) is 3.54. The summed E-state index contributed by atoms with van der Waals surface area (Å²) in [6.45, 7) is 2.48. The van der Waals surface area contributed by atoms with E-state index in [2.05, 4.69) is 4.99 Å². The van der Waals surface area contributed by atoms with Crippen LogP contribution in [0.4, 0.5) is 5.69 Å². The first-order valence-corrected chi connectivity index (χ1v) is 5.84. The predicted molar refractivity (Wildman–Crippen MR) is 73.0 cm³/mol. The molecule has 3 heteroatoms. The van der Waals surface area contributed by atoms with Gasteiger partial charge in [-0.15, -0.1) is 0 Å². The molecule has 0 aliphatic heterocycles. The number of rotatable bonds is 4. The van der Waals surface area contributed by atoms with Crippen LogP contribution in [0.3, 0.4) is 0 Å². The Bertz CT molecular complexity index is 535. The molecule has 0 aliphatic carbocycles. The topological polar surface area (TPSA) is 41.8 Å². The van der Waals surface area contributed by atoms with Crippen LogP contribution >= 0.6 is 0 Å². The molecule has 0 heterocycles. The first-order valence-electron chi connectivity index (χ1n) is 5.84. The number of aromatic hydroxyl groups is 1. The highest BCUT2D eigenvalue weighted by molar-refractivity contribution is 5.85. The van der Waals surface area contributed by atoms with Gasteiger partial charge in [0.2, 0.25) is 0 Å². The lowest BCUT2D eigenvalue weighted by atomic mass is 10.2. The summed E-state index contributed by atoms with van der Waals surface area (Å²) in [4.78, 5) is 4.29. The van der Waals surface area contributed by atoms with Crippen molar-refractivity contribution >= 4 is 11.9 Å². The van der Waals surface area contributed by atoms with E-state index >= 15 is 0 Å². The number of para-hydroxylation sites is 1. The summed E-state index contributed by atoms with van der Waals surface area (Å²) in [5.74, 6) is 0.826. The van der Waals surface area contributed by atoms with Crippen LogP contribution in [0.15, 0.2) is 53.5 Å². The summed E-state index contributed by atoms with van der Waals surface area (Å²) in [5, 5.41) is 9.82. The lowest BCUT2D eigenvalue weighted by molar-refractivity contribution is 0.337. The molecule has 0 aliphatic rings. The largest absolute Gasteiger partial charge is 0.507 e. The Labute approximate surface area is 106 Å². The third-order valence-corrected chi connectivity index (χ3v) is 2.42. The number of phenols is 1. The van der Waals surface area contributed by atoms with Gasteiger partial charge in [-0.3, -0.25) is 4.99 Å². The molecule has 0 bridgehead atoms. The molecule has 0 atom stereocenters. The molecular formula is C15H15NO2. The SMILES string of the molecule is CCOc1ccc(C=Nc2ccccc2)c(O)c1. The van der Waals surface area contributed by atoms with Crippen LogP contribution in [-0.4, -0.2) is 17.9 Å². The van der Waals surface area contributed by atoms with Gasteiger partial charge < -0.3 is 9.84 Å². The van der Waals surface area contributed by atoms with Crippen molar-refractivity contribution in [1.29, 1.82) is 0 Å². The van der Waals surface area contributed by atoms with Gasteiger partial charge in [0.1, 0.15) is 11.5 Å². The van der Waals surface area contributed by atoms with E-state index in [4.69, 9.17) is 4.74 Å². The average Bonchev–Trinajstić information content (AvgIpc) is 2.39. The van der Waals surface area contributed by atoms with E-state index in [1.54, 1.807) is 18.3 Å². The van der Waals surface area contributed by atoms with Crippen LogP contribution in [-0.2, 0) is 0 Å². The van der Waals surface area contributed by atoms with Gasteiger partial charge in [-0.2, -0.15) is 0 Å². The molecule has 2 aromatic carbocycles. The van der Waals surface area contributed by atoms with E-state index in [0.29, 0.717) is 17.9 Å². The van der Waals surface area contributed by atoms with Crippen molar-refractivity contribution in [2.75, 3.05) is 6.61 Å². The number of ether oxygens (including phenoxy) is 1. The summed E-state index contributed by atoms with van der Waals surface area (Å²) in [6, 6.07) is 14.8. The first kappa shape index (κ1) is 12.2. The quantitative estimate of drug-likeness (QED) is 0.832. The van der Waals surface area contributed by atoms with E-state index in [0.717, 1.165) is 5.69 Å². The van der Waals surface area contributed by atoms with Crippen LogP contribution in [0.1, 0.15) is 12.5 Å². The van der Waals surface area contributed by atoms with Gasteiger partial charge in [-0.25, -0.2) is 0 Å². The summed E-state index contributed by atoms with van der Waals surface area (Å²) in [7, 11) is 0. The van der Waals surface area contributed by atoms with E-state index in [9.17, 15) is 5.11 Å². The second kappa shape index (κ2) is 5.87. The van der Waals surface area contributed by atoms with Crippen molar-refractivity contribution in [3.63, 3.8) is 0 Å². The molecule has 0 amide bonds. The number of nitrogens with zero attached hydrogens (tertiary/aromatic N) is 1. The van der Waals surface area contributed by atoms with Crippen LogP contribution in [0.25, 0.3) is 0 Å². The van der Waals surface area contributed by atoms with E-state index in [1.165, 1.54) is 0 Å². The van der Waals surface area contributed by atoms with Gasteiger partial charge in [-0.1, -0.05) is 18.2 Å². The Morgan fingerprint density at radius 3 is 2.61 bits per heavy atom. The average molecular weight is 241 g/mol. The normalized spacial score (nSPS) is 10.7. The van der Waals surface area contributed by atoms with Gasteiger partial charge >= 0.3 is 0 Å². The number of phenolic OH excluding ortho intramolecular Hbond substituents is 1. The summed E-state index contributed by atoms with van der Waals surface area (Å²) in [5.41, 5.74) is 1.52. The second-order valence-corrected chi connectivity index (χ2v) is 3.75. The molecule has 3 nitrogen and oxygen atoms in total. The highest BCUT2D eigenvalue weighted by atomic mass is 16.5. The third kappa shape index (κ3) is 3.10. The van der Waals surface area contributed by atoms with Crippen molar-refractivity contribution in [2.24, 2.45) is 4.99 Å². The number of hydrogen-bond acceptors (Lipinski definition) is 3. The van der Waals surface area contributed by atoms with Gasteiger partial charge in [0.25, 0.3) is 0 Å². The van der Waals surface area contributed by atoms with Crippen LogP contribution in [0, 0.1) is 0 Å². The molecule has 0 spiro atoms. The Balaban J connectivity index is 2.17. The van der Waals surface area contributed by atoms with Crippen LogP contribution in [0.5, 0.6) is 11.5 Å². The molecule has 0 fully saturated rings. The molecule has 1 N–H and O–H groups in total. The first-order chi connectivity index (χ1) is 8.79. The van der Waals surface area contributed by atoms with Crippen molar-refractivity contribution in [3.05, 3.63) is 54.1 Å². The molecule has 2 rings (SSSR count). The molecule has 2 aromatic rings. The second-order valence-electron chi connectivity index (χ2n) is 3.75. The van der Waals surface area contributed by atoms with Gasteiger partial charge in [0.05, 0.1) is 12.3 Å². The molecule has 0 saturated carbocycles. The Morgan fingerprint density at radius 2 is 1.94 bits per heavy atom. The summed E-state index contributed by atoms with van der Waals surface area (Å²) < 4.78 is 5.30. The summed E-state index contributed by atoms with van der Waals surface area (Å²) in [6.07, 6.45) is 1.64. The maximum atomic E-state index is 9.82. The third-order valence-electron chi connectivity index (χ3n) is 2.42. The van der Waals surface area contributed by atoms with Gasteiger partial charge in [0, 0.05) is 17.8 Å². The highest BCUT2D eigenvalue weighted by Crippen LogP contribution is 2.23. The van der Waals surface area contributed by atoms with Crippen molar-refractivity contribution in [2.45, 2.75) is 6.92 Å². The zero-order valence-corrected chi connectivity index (χ0v) is 10.2. The van der Waals surface area contributed by atoms with Crippen LogP contribution in [0.2, 0.25) is 0 Å². The minimum atomic E-state index is 0.167. The number of hydrogen-bond donors (Lipinski definition) is 1. The maximum absolute atomic E-state index is 9.82. The fraction of sp³-hybridized carbons (Fsp3) is 0.133. The lowest BCUT2D eigenvalue weighted by Gasteiger charge is -2.04. The van der Waals surface area contributed by atoms with Crippen molar-refractivity contribution in [3.8, 4) is 11.5 Å². The molecule has 0 aromatic heterocycles. The fourth-order valence-corrected chi connectivity index (χ4v) is 1.55. The van der Waals surface area contributed by atoms with Crippen LogP contribution < -0.4 is 4.74 Å². The number of benzene rings is 2. The lowest BCUT2D eigenvalue weighted by Crippen LogP contribution is -1.92. The van der Waals surface area contributed by atoms with Crippen molar-refractivity contribution < 1.29 is 9.84 Å². The van der Waals surface area contributed by atoms with Crippen molar-refractivity contribution in [1.82, 2.24) is 0 Å². The summed E-state index contributed by atoms with van der Waals surface area (Å²) >= 11 is 0. The molecule has 0 radical (unpaired) electrons. The van der Waals surface area contributed by atoms with E-state index in [-0.39, 0.29) is 5.75 Å². The zero-order chi connectivity index (χ0) is 12.8. The monoisotopic (exact) mass is 241 g/mol. The molecule has 18 heavy (non-hydrogen) atoms. The fourth-order valence-electron chi connectivity index (χ4n) is 1.55. The molecular weight excluding hydrogens is 226 g/mol. The smallest absolute Gasteiger partial charge is 0.128 e. The molecule has 92 valence electrons. The Hall–Kier alpha value is -2.29. The van der Waals surface area contributed by atoms with E-state index in [1.807, 2.05) is 43.3 Å². The molecule has 0 saturated heterocycles. The Morgan fingerprint density at radius 1 is 1.17 bits per heavy atom. The minimum absolute atomic E-state index is 0.167. The Kier molecular flexibility index (Phi) is 3.97. The minimum Gasteiger partial charge on any atom is -0.507 e. The molecule has 0 unspecified atom stereocenters. The maximum Gasteiger partial charge on any atom is 0.128 e. The van der Waals surface area contributed by atoms with Gasteiger partial charge in [0.15, 0.2) is 0 Å². The standard InChI is InChI=1S/C15H15NO2/c1-2-18-14-9-8-12(15(17)10-14)11-16-13-6-4-3-5-7-13/h3-11,17H,2H2,1H3. The highest BCUT2D eigenvalue weighted by Gasteiger charge is 2.00. The number of aliphatic imine (C=N–C) groups is 1.